The molecule has 0 aromatic carbocycles. The summed E-state index contributed by atoms with van der Waals surface area (Å²) in [6.07, 6.45) is 2.48. The standard InChI is InChI=1S/C8H10ClF2N3/c1-2-8(10,11)5-14-7-12-3-6(9)4-13-7/h3-4H,2,5H2,1H3,(H,12,13,14). The summed E-state index contributed by atoms with van der Waals surface area (Å²) in [7, 11) is 0. The normalized spacial score (nSPS) is 11.4. The highest BCUT2D eigenvalue weighted by Gasteiger charge is 2.25. The van der Waals surface area contributed by atoms with Gasteiger partial charge in [-0.25, -0.2) is 18.7 Å². The largest absolute Gasteiger partial charge is 0.348 e. The summed E-state index contributed by atoms with van der Waals surface area (Å²) in [5, 5.41) is 2.81. The van der Waals surface area contributed by atoms with E-state index in [0.29, 0.717) is 5.02 Å². The Morgan fingerprint density at radius 2 is 2.00 bits per heavy atom. The number of halogens is 3. The lowest BCUT2D eigenvalue weighted by Crippen LogP contribution is -2.26. The Hall–Kier alpha value is -0.970. The topological polar surface area (TPSA) is 37.8 Å². The minimum atomic E-state index is -2.73. The highest BCUT2D eigenvalue weighted by molar-refractivity contribution is 6.30. The Labute approximate surface area is 85.5 Å². The van der Waals surface area contributed by atoms with Crippen LogP contribution >= 0.6 is 11.6 Å². The quantitative estimate of drug-likeness (QED) is 0.849. The van der Waals surface area contributed by atoms with E-state index in [-0.39, 0.29) is 12.4 Å². The maximum absolute atomic E-state index is 12.8. The molecule has 0 aliphatic rings. The van der Waals surface area contributed by atoms with E-state index < -0.39 is 12.5 Å². The summed E-state index contributed by atoms with van der Waals surface area (Å²) in [5.74, 6) is -2.58. The van der Waals surface area contributed by atoms with Crippen molar-refractivity contribution in [3.63, 3.8) is 0 Å². The monoisotopic (exact) mass is 221 g/mol. The number of hydrogen-bond donors (Lipinski definition) is 1. The smallest absolute Gasteiger partial charge is 0.264 e. The molecule has 0 unspecified atom stereocenters. The number of hydrogen-bond acceptors (Lipinski definition) is 3. The summed E-state index contributed by atoms with van der Waals surface area (Å²) in [6, 6.07) is 0. The van der Waals surface area contributed by atoms with Crippen LogP contribution in [0.15, 0.2) is 12.4 Å². The molecule has 1 rings (SSSR count). The number of nitrogens with zero attached hydrogens (tertiary/aromatic N) is 2. The molecule has 0 fully saturated rings. The van der Waals surface area contributed by atoms with E-state index >= 15 is 0 Å². The van der Waals surface area contributed by atoms with Crippen LogP contribution in [0.3, 0.4) is 0 Å². The van der Waals surface area contributed by atoms with Gasteiger partial charge in [0, 0.05) is 6.42 Å². The molecule has 1 N–H and O–H groups in total. The molecule has 0 atom stereocenters. The lowest BCUT2D eigenvalue weighted by Gasteiger charge is -2.14. The van der Waals surface area contributed by atoms with Crippen molar-refractivity contribution >= 4 is 17.5 Å². The number of rotatable bonds is 4. The minimum absolute atomic E-state index is 0.155. The molecule has 78 valence electrons. The van der Waals surface area contributed by atoms with Crippen LogP contribution in [-0.4, -0.2) is 22.4 Å². The Balaban J connectivity index is 2.50. The lowest BCUT2D eigenvalue weighted by molar-refractivity contribution is 0.0114. The molecule has 0 spiro atoms. The summed E-state index contributed by atoms with van der Waals surface area (Å²) >= 11 is 5.53. The van der Waals surface area contributed by atoms with Crippen molar-refractivity contribution in [1.29, 1.82) is 0 Å². The Kier molecular flexibility index (Phi) is 3.57. The van der Waals surface area contributed by atoms with Gasteiger partial charge in [-0.1, -0.05) is 18.5 Å². The van der Waals surface area contributed by atoms with Crippen molar-refractivity contribution in [2.24, 2.45) is 0 Å². The van der Waals surface area contributed by atoms with E-state index in [0.717, 1.165) is 0 Å². The van der Waals surface area contributed by atoms with E-state index in [9.17, 15) is 8.78 Å². The van der Waals surface area contributed by atoms with Crippen LogP contribution in [0.1, 0.15) is 13.3 Å². The second-order valence-electron chi connectivity index (χ2n) is 2.79. The Bertz CT molecular complexity index is 289. The van der Waals surface area contributed by atoms with Crippen molar-refractivity contribution in [2.45, 2.75) is 19.3 Å². The molecule has 0 saturated heterocycles. The number of alkyl halides is 2. The third-order valence-electron chi connectivity index (χ3n) is 1.64. The van der Waals surface area contributed by atoms with Gasteiger partial charge in [-0.2, -0.15) is 0 Å². The van der Waals surface area contributed by atoms with Crippen molar-refractivity contribution in [3.8, 4) is 0 Å². The molecular formula is C8H10ClF2N3. The second-order valence-corrected chi connectivity index (χ2v) is 3.22. The van der Waals surface area contributed by atoms with E-state index in [1.165, 1.54) is 19.3 Å². The number of aromatic nitrogens is 2. The Morgan fingerprint density at radius 3 is 2.50 bits per heavy atom. The third-order valence-corrected chi connectivity index (χ3v) is 1.84. The summed E-state index contributed by atoms with van der Waals surface area (Å²) in [5.41, 5.74) is 0. The first-order chi connectivity index (χ1) is 6.53. The molecule has 6 heteroatoms. The van der Waals surface area contributed by atoms with E-state index in [1.54, 1.807) is 0 Å². The zero-order valence-electron chi connectivity index (χ0n) is 7.60. The predicted octanol–water partition coefficient (Wildman–Crippen LogP) is 2.59. The number of nitrogens with one attached hydrogen (secondary N) is 1. The second kappa shape index (κ2) is 4.50. The van der Waals surface area contributed by atoms with Gasteiger partial charge in [-0.3, -0.25) is 0 Å². The first-order valence-corrected chi connectivity index (χ1v) is 4.50. The lowest BCUT2D eigenvalue weighted by atomic mass is 10.2. The summed E-state index contributed by atoms with van der Waals surface area (Å²) < 4.78 is 25.5. The molecule has 1 aromatic heterocycles. The predicted molar refractivity (Wildman–Crippen MR) is 50.8 cm³/mol. The van der Waals surface area contributed by atoms with Gasteiger partial charge < -0.3 is 5.32 Å². The van der Waals surface area contributed by atoms with Crippen LogP contribution in [0.4, 0.5) is 14.7 Å². The van der Waals surface area contributed by atoms with Gasteiger partial charge in [0.1, 0.15) is 0 Å². The van der Waals surface area contributed by atoms with E-state index in [1.807, 2.05) is 0 Å². The fraction of sp³-hybridized carbons (Fsp3) is 0.500. The fourth-order valence-electron chi connectivity index (χ4n) is 0.737. The maximum atomic E-state index is 12.8. The van der Waals surface area contributed by atoms with E-state index in [2.05, 4.69) is 15.3 Å². The van der Waals surface area contributed by atoms with Gasteiger partial charge in [0.15, 0.2) is 0 Å². The van der Waals surface area contributed by atoms with Gasteiger partial charge in [0.05, 0.1) is 24.0 Å². The minimum Gasteiger partial charge on any atom is -0.348 e. The average Bonchev–Trinajstić information content (AvgIpc) is 2.17. The molecule has 1 heterocycles. The highest BCUT2D eigenvalue weighted by atomic mass is 35.5. The molecule has 0 bridgehead atoms. The Morgan fingerprint density at radius 1 is 1.43 bits per heavy atom. The van der Waals surface area contributed by atoms with Crippen molar-refractivity contribution in [2.75, 3.05) is 11.9 Å². The van der Waals surface area contributed by atoms with Crippen LogP contribution in [-0.2, 0) is 0 Å². The van der Waals surface area contributed by atoms with Gasteiger partial charge in [0.25, 0.3) is 5.92 Å². The fourth-order valence-corrected chi connectivity index (χ4v) is 0.835. The first-order valence-electron chi connectivity index (χ1n) is 4.13. The SMILES string of the molecule is CCC(F)(F)CNc1ncc(Cl)cn1. The summed E-state index contributed by atoms with van der Waals surface area (Å²) in [4.78, 5) is 7.46. The van der Waals surface area contributed by atoms with Crippen LogP contribution in [0.5, 0.6) is 0 Å². The third kappa shape index (κ3) is 3.41. The molecule has 1 aromatic rings. The molecule has 0 saturated carbocycles. The van der Waals surface area contributed by atoms with Gasteiger partial charge in [-0.05, 0) is 0 Å². The van der Waals surface area contributed by atoms with Crippen LogP contribution in [0.25, 0.3) is 0 Å². The molecule has 0 radical (unpaired) electrons. The molecule has 0 aliphatic carbocycles. The molecular weight excluding hydrogens is 212 g/mol. The van der Waals surface area contributed by atoms with Crippen LogP contribution in [0, 0.1) is 0 Å². The molecule has 0 aliphatic heterocycles. The molecule has 3 nitrogen and oxygen atoms in total. The first kappa shape index (κ1) is 11.1. The van der Waals surface area contributed by atoms with Gasteiger partial charge in [0.2, 0.25) is 5.95 Å². The maximum Gasteiger partial charge on any atom is 0.264 e. The molecule has 14 heavy (non-hydrogen) atoms. The van der Waals surface area contributed by atoms with Crippen molar-refractivity contribution in [1.82, 2.24) is 9.97 Å². The highest BCUT2D eigenvalue weighted by Crippen LogP contribution is 2.17. The van der Waals surface area contributed by atoms with Crippen LogP contribution < -0.4 is 5.32 Å². The van der Waals surface area contributed by atoms with Gasteiger partial charge in [-0.15, -0.1) is 0 Å². The molecule has 0 amide bonds. The average molecular weight is 222 g/mol. The van der Waals surface area contributed by atoms with Crippen LogP contribution in [0.2, 0.25) is 5.02 Å². The van der Waals surface area contributed by atoms with E-state index in [4.69, 9.17) is 11.6 Å². The number of anilines is 1. The van der Waals surface area contributed by atoms with Crippen molar-refractivity contribution < 1.29 is 8.78 Å². The van der Waals surface area contributed by atoms with Gasteiger partial charge >= 0.3 is 0 Å². The summed E-state index contributed by atoms with van der Waals surface area (Å²) in [6.45, 7) is 0.954. The zero-order valence-corrected chi connectivity index (χ0v) is 8.35. The zero-order chi connectivity index (χ0) is 10.6. The van der Waals surface area contributed by atoms with Crippen molar-refractivity contribution in [3.05, 3.63) is 17.4 Å².